The summed E-state index contributed by atoms with van der Waals surface area (Å²) in [6, 6.07) is 158. The van der Waals surface area contributed by atoms with E-state index in [4.69, 9.17) is 0 Å². The molecule has 0 spiro atoms. The van der Waals surface area contributed by atoms with Crippen LogP contribution in [0.25, 0.3) is 135 Å². The van der Waals surface area contributed by atoms with Gasteiger partial charge in [-0.1, -0.05) is 344 Å². The van der Waals surface area contributed by atoms with Gasteiger partial charge in [-0.3, -0.25) is 0 Å². The average Bonchev–Trinajstić information content (AvgIpc) is 0.802. The summed E-state index contributed by atoms with van der Waals surface area (Å²) in [7, 11) is -5.44. The molecular weight excluding hydrogens is 2530 g/mol. The second-order valence-corrected chi connectivity index (χ2v) is 58.1. The Balaban J connectivity index is 0.000000185. The van der Waals surface area contributed by atoms with Crippen molar-refractivity contribution in [1.29, 1.82) is 0 Å². The zero-order valence-electron chi connectivity index (χ0n) is 84.5. The van der Waals surface area contributed by atoms with Crippen molar-refractivity contribution in [2.24, 2.45) is 0 Å². The molecule has 0 amide bonds. The fourth-order valence-corrected chi connectivity index (χ4v) is 20.5. The Kier molecular flexibility index (Phi) is 45.6. The number of rotatable bonds is 16. The number of pyridine rings is 8. The molecule has 8 nitrogen and oxygen atoms in total. The normalized spacial score (nSPS) is 10.6. The van der Waals surface area contributed by atoms with E-state index in [-0.39, 0.29) is 80.4 Å². The topological polar surface area (TPSA) is 103 Å². The van der Waals surface area contributed by atoms with Gasteiger partial charge in [0, 0.05) is 130 Å². The van der Waals surface area contributed by atoms with Gasteiger partial charge in [0.15, 0.2) is 0 Å². The molecule has 0 saturated heterocycles. The number of nitrogens with zero attached hydrogens (tertiary/aromatic N) is 8. The summed E-state index contributed by atoms with van der Waals surface area (Å²) in [6.07, 6.45) is 14.9. The first-order valence-electron chi connectivity index (χ1n) is 47.4. The third kappa shape index (κ3) is 34.2. The molecule has 0 saturated carbocycles. The van der Waals surface area contributed by atoms with Gasteiger partial charge in [0.1, 0.15) is 0 Å². The van der Waals surface area contributed by atoms with Crippen molar-refractivity contribution in [1.82, 2.24) is 39.9 Å². The molecular formula is C128H120Ir4N8Si4-8. The van der Waals surface area contributed by atoms with Crippen molar-refractivity contribution in [2.45, 2.75) is 106 Å². The van der Waals surface area contributed by atoms with E-state index >= 15 is 0 Å². The third-order valence-corrected chi connectivity index (χ3v) is 31.2. The number of aryl methyl sites for hydroxylation is 4. The van der Waals surface area contributed by atoms with E-state index in [0.717, 1.165) is 90.1 Å². The molecule has 0 bridgehead atoms. The second-order valence-electron chi connectivity index (χ2n) is 37.9. The van der Waals surface area contributed by atoms with Crippen LogP contribution in [0.3, 0.4) is 0 Å². The van der Waals surface area contributed by atoms with Crippen LogP contribution in [0.1, 0.15) is 22.3 Å². The maximum absolute atomic E-state index is 4.62. The quantitative estimate of drug-likeness (QED) is 0.0696. The third-order valence-electron chi connectivity index (χ3n) is 23.1. The molecule has 0 N–H and O–H groups in total. The van der Waals surface area contributed by atoms with Crippen molar-refractivity contribution in [3.63, 3.8) is 0 Å². The Hall–Kier alpha value is -12.7. The number of hydrogen-bond acceptors (Lipinski definition) is 8. The van der Waals surface area contributed by atoms with Crippen LogP contribution in [-0.4, -0.2) is 72.2 Å². The van der Waals surface area contributed by atoms with Gasteiger partial charge in [-0.2, -0.15) is 0 Å². The summed E-state index contributed by atoms with van der Waals surface area (Å²) in [6.45, 7) is 36.4. The first-order chi connectivity index (χ1) is 67.7. The Labute approximate surface area is 914 Å². The molecule has 732 valence electrons. The van der Waals surface area contributed by atoms with Gasteiger partial charge in [-0.05, 0) is 114 Å². The van der Waals surface area contributed by atoms with E-state index in [1.165, 1.54) is 87.5 Å². The molecule has 8 heterocycles. The zero-order chi connectivity index (χ0) is 98.7. The fraction of sp³-hybridized carbons (Fsp3) is 0.125. The van der Waals surface area contributed by atoms with E-state index < -0.39 is 32.3 Å². The second kappa shape index (κ2) is 57.1. The molecule has 16 heteroatoms. The Morgan fingerprint density at radius 1 is 0.188 bits per heavy atom. The standard InChI is InChI=1S/4C20H20NSi.4C12H10N.4Ir/c2*1-22(2,3)19-10-7-15-21-20(19)18-13-11-17(12-14-18)16-8-5-4-6-9-16;1-22(2,3)19-13-14-21-20(15-19)18-11-9-17(10-12-18)16-7-5-4-6-8-16;1-22(2,3)19-13-14-20(21-15-19)18-11-9-17(10-12-18)16-7-5-4-6-8-16;1-10-6-2-3-7-11(10)12-8-4-5-9-13-12;3*1-10-6-5-9-13-12(10)11-7-3-2-4-8-11;;;;/h2*4-13,15H,1-3H3;2*4-11,13-15H,1-3H3;2-6,8-9H,1H3;3*2-7,9H,1H3;;;;/q8*-1;;;;. The summed E-state index contributed by atoms with van der Waals surface area (Å²) in [4.78, 5) is 35.6. The molecule has 0 unspecified atom stereocenters. The smallest absolute Gasteiger partial charge is 0.0795 e. The summed E-state index contributed by atoms with van der Waals surface area (Å²) in [5.41, 5.74) is 31.1. The van der Waals surface area contributed by atoms with Gasteiger partial charge in [0.25, 0.3) is 0 Å². The minimum absolute atomic E-state index is 0. The van der Waals surface area contributed by atoms with E-state index in [1.807, 2.05) is 213 Å². The molecule has 144 heavy (non-hydrogen) atoms. The predicted octanol–water partition coefficient (Wildman–Crippen LogP) is 30.5. The van der Waals surface area contributed by atoms with Crippen LogP contribution >= 0.6 is 0 Å². The first-order valence-corrected chi connectivity index (χ1v) is 61.4. The monoisotopic (exact) mass is 2650 g/mol. The van der Waals surface area contributed by atoms with Crippen molar-refractivity contribution >= 4 is 53.0 Å². The van der Waals surface area contributed by atoms with E-state index in [9.17, 15) is 0 Å². The zero-order valence-corrected chi connectivity index (χ0v) is 98.1. The Morgan fingerprint density at radius 3 is 0.806 bits per heavy atom. The SMILES string of the molecule is C[Si](C)(C)c1ccc(-c2[c-]cc(-c3ccccc3)cc2)nc1.C[Si](C)(C)c1cccnc1-c1[c-]cc(-c2ccccc2)cc1.C[Si](C)(C)c1cccnc1-c1[c-]cc(-c2ccccc2)cc1.C[Si](C)(C)c1ccnc(-c2[c-]cc(-c3ccccc3)cc2)c1.Cc1ccc[c-]c1-c1ccccn1.Cc1cccnc1-c1[c-]cccc1.Cc1cccnc1-c1[c-]cccc1.Cc1cccnc1-c1[c-]cccc1.[Ir].[Ir].[Ir].[Ir]. The fourth-order valence-electron chi connectivity index (χ4n) is 15.3. The number of aromatic nitrogens is 8. The van der Waals surface area contributed by atoms with E-state index in [2.05, 4.69) is 413 Å². The Bertz CT molecular complexity index is 6710. The van der Waals surface area contributed by atoms with Gasteiger partial charge >= 0.3 is 0 Å². The predicted molar refractivity (Wildman–Crippen MR) is 601 cm³/mol. The molecule has 20 aromatic rings. The molecule has 20 rings (SSSR count). The number of hydrogen-bond donors (Lipinski definition) is 0. The minimum Gasteiger partial charge on any atom is -0.305 e. The number of benzene rings is 12. The van der Waals surface area contributed by atoms with Crippen molar-refractivity contribution in [2.75, 3.05) is 0 Å². The summed E-state index contributed by atoms with van der Waals surface area (Å²) in [5, 5.41) is 5.59. The molecule has 0 aliphatic rings. The van der Waals surface area contributed by atoms with Gasteiger partial charge in [-0.25, -0.2) is 0 Å². The maximum Gasteiger partial charge on any atom is 0.0795 e. The minimum atomic E-state index is -1.42. The van der Waals surface area contributed by atoms with Crippen LogP contribution in [0.15, 0.2) is 438 Å². The first kappa shape index (κ1) is 115. The van der Waals surface area contributed by atoms with Crippen LogP contribution in [0, 0.1) is 76.2 Å². The molecule has 0 aliphatic carbocycles. The molecule has 0 aliphatic heterocycles. The molecule has 4 radical (unpaired) electrons. The van der Waals surface area contributed by atoms with Crippen LogP contribution < -0.4 is 20.7 Å². The largest absolute Gasteiger partial charge is 0.305 e. The van der Waals surface area contributed by atoms with Crippen LogP contribution in [0.5, 0.6) is 0 Å². The van der Waals surface area contributed by atoms with Gasteiger partial charge in [-0.15, -0.1) is 262 Å². The van der Waals surface area contributed by atoms with Crippen molar-refractivity contribution in [3.05, 3.63) is 509 Å². The summed E-state index contributed by atoms with van der Waals surface area (Å²) >= 11 is 0. The van der Waals surface area contributed by atoms with Crippen LogP contribution in [0.4, 0.5) is 0 Å². The van der Waals surface area contributed by atoms with Crippen molar-refractivity contribution in [3.8, 4) is 135 Å². The summed E-state index contributed by atoms with van der Waals surface area (Å²) in [5.74, 6) is 0. The van der Waals surface area contributed by atoms with Gasteiger partial charge in [0.2, 0.25) is 0 Å². The van der Waals surface area contributed by atoms with Crippen molar-refractivity contribution < 1.29 is 80.4 Å². The van der Waals surface area contributed by atoms with Crippen LogP contribution in [0.2, 0.25) is 78.6 Å². The average molecular weight is 2650 g/mol. The van der Waals surface area contributed by atoms with E-state index in [1.54, 1.807) is 6.20 Å². The van der Waals surface area contributed by atoms with Gasteiger partial charge < -0.3 is 39.9 Å². The Morgan fingerprint density at radius 2 is 0.500 bits per heavy atom. The van der Waals surface area contributed by atoms with E-state index in [0.29, 0.717) is 0 Å². The maximum atomic E-state index is 4.62. The molecule has 0 fully saturated rings. The van der Waals surface area contributed by atoms with Crippen LogP contribution in [-0.2, 0) is 80.4 Å². The molecule has 0 atom stereocenters. The summed E-state index contributed by atoms with van der Waals surface area (Å²) < 4.78 is 0. The molecule has 12 aromatic carbocycles. The van der Waals surface area contributed by atoms with Gasteiger partial charge in [0.05, 0.1) is 32.3 Å². The molecule has 8 aromatic heterocycles.